The van der Waals surface area contributed by atoms with Gasteiger partial charge in [0.25, 0.3) is 0 Å². The molecule has 0 amide bonds. The van der Waals surface area contributed by atoms with Gasteiger partial charge in [-0.1, -0.05) is 36.8 Å². The van der Waals surface area contributed by atoms with Gasteiger partial charge in [0.1, 0.15) is 12.0 Å². The average molecular weight is 262 g/mol. The summed E-state index contributed by atoms with van der Waals surface area (Å²) in [6.07, 6.45) is 4.08. The van der Waals surface area contributed by atoms with Crippen molar-refractivity contribution < 1.29 is 19.4 Å². The van der Waals surface area contributed by atoms with E-state index in [4.69, 9.17) is 9.84 Å². The van der Waals surface area contributed by atoms with Crippen LogP contribution >= 0.6 is 0 Å². The van der Waals surface area contributed by atoms with Crippen molar-refractivity contribution in [3.05, 3.63) is 35.9 Å². The van der Waals surface area contributed by atoms with Gasteiger partial charge in [0, 0.05) is 0 Å². The molecular weight excluding hydrogens is 244 g/mol. The second-order valence-corrected chi connectivity index (χ2v) is 4.97. The number of carbonyl (C=O) groups is 2. The summed E-state index contributed by atoms with van der Waals surface area (Å²) in [6.45, 7) is 0. The Morgan fingerprint density at radius 3 is 2.32 bits per heavy atom. The number of aliphatic carboxylic acids is 1. The minimum Gasteiger partial charge on any atom is -0.481 e. The first-order valence-corrected chi connectivity index (χ1v) is 6.62. The molecule has 1 aromatic rings. The third-order valence-corrected chi connectivity index (χ3v) is 3.57. The number of esters is 1. The van der Waals surface area contributed by atoms with E-state index < -0.39 is 24.0 Å². The number of hydrogen-bond donors (Lipinski definition) is 1. The zero-order valence-electron chi connectivity index (χ0n) is 10.8. The molecule has 0 atom stereocenters. The standard InChI is InChI=1S/C15H18O4/c16-13(17)11-14(18)19-15(9-5-2-6-10-15)12-7-3-1-4-8-12/h1,3-4,7-8H,2,5-6,9-11H2,(H,16,17). The van der Waals surface area contributed by atoms with E-state index in [0.717, 1.165) is 37.7 Å². The molecule has 1 fully saturated rings. The van der Waals surface area contributed by atoms with Gasteiger partial charge in [0.05, 0.1) is 0 Å². The van der Waals surface area contributed by atoms with Crippen LogP contribution < -0.4 is 0 Å². The molecule has 1 aliphatic rings. The summed E-state index contributed by atoms with van der Waals surface area (Å²) in [7, 11) is 0. The first kappa shape index (κ1) is 13.6. The molecule has 0 spiro atoms. The highest BCUT2D eigenvalue weighted by atomic mass is 16.6. The quantitative estimate of drug-likeness (QED) is 0.669. The van der Waals surface area contributed by atoms with Crippen molar-refractivity contribution in [2.24, 2.45) is 0 Å². The van der Waals surface area contributed by atoms with E-state index in [1.807, 2.05) is 30.3 Å². The summed E-state index contributed by atoms with van der Waals surface area (Å²) >= 11 is 0. The average Bonchev–Trinajstić information content (AvgIpc) is 2.40. The Morgan fingerprint density at radius 2 is 1.74 bits per heavy atom. The van der Waals surface area contributed by atoms with Crippen LogP contribution in [0.25, 0.3) is 0 Å². The van der Waals surface area contributed by atoms with Crippen molar-refractivity contribution >= 4 is 11.9 Å². The van der Waals surface area contributed by atoms with Crippen molar-refractivity contribution in [3.8, 4) is 0 Å². The predicted molar refractivity (Wildman–Crippen MR) is 69.5 cm³/mol. The van der Waals surface area contributed by atoms with E-state index in [1.54, 1.807) is 0 Å². The van der Waals surface area contributed by atoms with Crippen LogP contribution in [-0.2, 0) is 19.9 Å². The SMILES string of the molecule is O=C(O)CC(=O)OC1(c2ccccc2)CCCCC1. The van der Waals surface area contributed by atoms with E-state index >= 15 is 0 Å². The Morgan fingerprint density at radius 1 is 1.11 bits per heavy atom. The second kappa shape index (κ2) is 5.87. The van der Waals surface area contributed by atoms with Gasteiger partial charge in [-0.25, -0.2) is 0 Å². The second-order valence-electron chi connectivity index (χ2n) is 4.97. The summed E-state index contributed by atoms with van der Waals surface area (Å²) < 4.78 is 5.56. The van der Waals surface area contributed by atoms with Crippen molar-refractivity contribution in [3.63, 3.8) is 0 Å². The first-order valence-electron chi connectivity index (χ1n) is 6.62. The summed E-state index contributed by atoms with van der Waals surface area (Å²) in [5, 5.41) is 8.67. The lowest BCUT2D eigenvalue weighted by atomic mass is 9.79. The van der Waals surface area contributed by atoms with Crippen LogP contribution in [0.4, 0.5) is 0 Å². The molecular formula is C15H18O4. The topological polar surface area (TPSA) is 63.6 Å². The number of carboxylic acids is 1. The normalized spacial score (nSPS) is 17.7. The molecule has 0 aliphatic heterocycles. The highest BCUT2D eigenvalue weighted by molar-refractivity contribution is 5.90. The van der Waals surface area contributed by atoms with Crippen molar-refractivity contribution in [2.75, 3.05) is 0 Å². The maximum Gasteiger partial charge on any atom is 0.318 e. The number of carboxylic acid groups (broad SMARTS) is 1. The Bertz CT molecular complexity index is 446. The molecule has 0 saturated heterocycles. The lowest BCUT2D eigenvalue weighted by Gasteiger charge is -2.37. The van der Waals surface area contributed by atoms with E-state index in [1.165, 1.54) is 0 Å². The van der Waals surface area contributed by atoms with E-state index in [9.17, 15) is 9.59 Å². The highest BCUT2D eigenvalue weighted by Gasteiger charge is 2.37. The molecule has 2 rings (SSSR count). The van der Waals surface area contributed by atoms with Crippen LogP contribution in [0.2, 0.25) is 0 Å². The van der Waals surface area contributed by atoms with Crippen LogP contribution in [0.3, 0.4) is 0 Å². The largest absolute Gasteiger partial charge is 0.481 e. The van der Waals surface area contributed by atoms with Gasteiger partial charge >= 0.3 is 11.9 Å². The first-order chi connectivity index (χ1) is 9.12. The van der Waals surface area contributed by atoms with Gasteiger partial charge in [-0.3, -0.25) is 9.59 Å². The number of benzene rings is 1. The molecule has 19 heavy (non-hydrogen) atoms. The van der Waals surface area contributed by atoms with Gasteiger partial charge in [0.15, 0.2) is 0 Å². The Labute approximate surface area is 112 Å². The van der Waals surface area contributed by atoms with Crippen molar-refractivity contribution in [1.82, 2.24) is 0 Å². The lowest BCUT2D eigenvalue weighted by Crippen LogP contribution is -2.35. The van der Waals surface area contributed by atoms with E-state index in [0.29, 0.717) is 0 Å². The molecule has 102 valence electrons. The molecule has 0 radical (unpaired) electrons. The molecule has 0 aromatic heterocycles. The third-order valence-electron chi connectivity index (χ3n) is 3.57. The number of carbonyl (C=O) groups excluding carboxylic acids is 1. The molecule has 4 nitrogen and oxygen atoms in total. The van der Waals surface area contributed by atoms with Crippen molar-refractivity contribution in [1.29, 1.82) is 0 Å². The summed E-state index contributed by atoms with van der Waals surface area (Å²) in [5.74, 6) is -1.80. The molecule has 0 heterocycles. The maximum atomic E-state index is 11.7. The maximum absolute atomic E-state index is 11.7. The monoisotopic (exact) mass is 262 g/mol. The fourth-order valence-corrected chi connectivity index (χ4v) is 2.69. The molecule has 1 N–H and O–H groups in total. The lowest BCUT2D eigenvalue weighted by molar-refractivity contribution is -0.168. The zero-order valence-corrected chi connectivity index (χ0v) is 10.8. The van der Waals surface area contributed by atoms with Crippen molar-refractivity contribution in [2.45, 2.75) is 44.1 Å². The predicted octanol–water partition coefficient (Wildman–Crippen LogP) is 2.86. The molecule has 4 heteroatoms. The van der Waals surface area contributed by atoms with Gasteiger partial charge in [0.2, 0.25) is 0 Å². The Kier molecular flexibility index (Phi) is 4.20. The number of rotatable bonds is 4. The minimum absolute atomic E-state index is 0.575. The number of ether oxygens (including phenoxy) is 1. The number of hydrogen-bond acceptors (Lipinski definition) is 3. The Balaban J connectivity index is 2.20. The summed E-state index contributed by atoms with van der Waals surface area (Å²) in [4.78, 5) is 22.3. The van der Waals surface area contributed by atoms with Crippen LogP contribution in [-0.4, -0.2) is 17.0 Å². The van der Waals surface area contributed by atoms with Crippen LogP contribution in [0.1, 0.15) is 44.1 Å². The van der Waals surface area contributed by atoms with Crippen LogP contribution in [0.5, 0.6) is 0 Å². The fourth-order valence-electron chi connectivity index (χ4n) is 2.69. The van der Waals surface area contributed by atoms with E-state index in [2.05, 4.69) is 0 Å². The smallest absolute Gasteiger partial charge is 0.318 e. The van der Waals surface area contributed by atoms with Gasteiger partial charge in [-0.05, 0) is 31.2 Å². The van der Waals surface area contributed by atoms with Crippen LogP contribution in [0.15, 0.2) is 30.3 Å². The molecule has 1 saturated carbocycles. The van der Waals surface area contributed by atoms with E-state index in [-0.39, 0.29) is 0 Å². The van der Waals surface area contributed by atoms with Gasteiger partial charge < -0.3 is 9.84 Å². The summed E-state index contributed by atoms with van der Waals surface area (Å²) in [5.41, 5.74) is 0.333. The molecule has 1 aromatic carbocycles. The zero-order chi connectivity index (χ0) is 13.7. The van der Waals surface area contributed by atoms with Crippen LogP contribution in [0, 0.1) is 0 Å². The molecule has 1 aliphatic carbocycles. The minimum atomic E-state index is -1.15. The third kappa shape index (κ3) is 3.34. The summed E-state index contributed by atoms with van der Waals surface area (Å²) in [6, 6.07) is 9.63. The molecule has 0 unspecified atom stereocenters. The Hall–Kier alpha value is -1.84. The van der Waals surface area contributed by atoms with Gasteiger partial charge in [-0.2, -0.15) is 0 Å². The highest BCUT2D eigenvalue weighted by Crippen LogP contribution is 2.40. The fraction of sp³-hybridized carbons (Fsp3) is 0.467. The van der Waals surface area contributed by atoms with Gasteiger partial charge in [-0.15, -0.1) is 0 Å². The molecule has 0 bridgehead atoms.